The second kappa shape index (κ2) is 3.73. The molecule has 5 heteroatoms. The summed E-state index contributed by atoms with van der Waals surface area (Å²) in [6.07, 6.45) is 4.66. The summed E-state index contributed by atoms with van der Waals surface area (Å²) in [4.78, 5) is 12.2. The molecule has 0 radical (unpaired) electrons. The van der Waals surface area contributed by atoms with Crippen LogP contribution in [0, 0.1) is 0 Å². The molecular weight excluding hydrogens is 192 g/mol. The molecule has 2 rings (SSSR count). The van der Waals surface area contributed by atoms with E-state index in [1.807, 2.05) is 6.92 Å². The molecular formula is C10H16N4O. The SMILES string of the molecule is Cn1cnnc1C(=O)C1(C)CCCCN1. The molecule has 0 spiro atoms. The Kier molecular flexibility index (Phi) is 2.56. The summed E-state index contributed by atoms with van der Waals surface area (Å²) in [5.41, 5.74) is -0.459. The third kappa shape index (κ3) is 1.79. The van der Waals surface area contributed by atoms with Gasteiger partial charge in [-0.25, -0.2) is 0 Å². The Morgan fingerprint density at radius 1 is 1.60 bits per heavy atom. The van der Waals surface area contributed by atoms with Crippen molar-refractivity contribution in [2.75, 3.05) is 6.54 Å². The van der Waals surface area contributed by atoms with E-state index in [0.29, 0.717) is 5.82 Å². The van der Waals surface area contributed by atoms with Gasteiger partial charge in [0, 0.05) is 7.05 Å². The third-order valence-corrected chi connectivity index (χ3v) is 3.03. The van der Waals surface area contributed by atoms with Gasteiger partial charge in [0.1, 0.15) is 6.33 Å². The lowest BCUT2D eigenvalue weighted by atomic mass is 9.86. The highest BCUT2D eigenvalue weighted by Crippen LogP contribution is 2.22. The van der Waals surface area contributed by atoms with E-state index in [-0.39, 0.29) is 5.78 Å². The molecule has 0 aromatic carbocycles. The lowest BCUT2D eigenvalue weighted by Crippen LogP contribution is -2.52. The molecule has 1 aliphatic rings. The molecule has 1 saturated heterocycles. The summed E-state index contributed by atoms with van der Waals surface area (Å²) in [5, 5.41) is 10.9. The molecule has 1 aromatic heterocycles. The van der Waals surface area contributed by atoms with E-state index in [1.54, 1.807) is 17.9 Å². The monoisotopic (exact) mass is 208 g/mol. The smallest absolute Gasteiger partial charge is 0.219 e. The summed E-state index contributed by atoms with van der Waals surface area (Å²) in [6.45, 7) is 2.85. The third-order valence-electron chi connectivity index (χ3n) is 3.03. The van der Waals surface area contributed by atoms with Crippen LogP contribution in [0.25, 0.3) is 0 Å². The summed E-state index contributed by atoms with van der Waals surface area (Å²) < 4.78 is 1.67. The fourth-order valence-corrected chi connectivity index (χ4v) is 1.99. The molecule has 82 valence electrons. The van der Waals surface area contributed by atoms with E-state index in [4.69, 9.17) is 0 Å². The molecule has 1 fully saturated rings. The first-order chi connectivity index (χ1) is 7.13. The van der Waals surface area contributed by atoms with Crippen molar-refractivity contribution in [2.45, 2.75) is 31.7 Å². The second-order valence-corrected chi connectivity index (χ2v) is 4.31. The number of piperidine rings is 1. The molecule has 15 heavy (non-hydrogen) atoms. The fourth-order valence-electron chi connectivity index (χ4n) is 1.99. The van der Waals surface area contributed by atoms with Gasteiger partial charge >= 0.3 is 0 Å². The predicted molar refractivity (Wildman–Crippen MR) is 55.6 cm³/mol. The van der Waals surface area contributed by atoms with E-state index in [0.717, 1.165) is 25.8 Å². The van der Waals surface area contributed by atoms with E-state index < -0.39 is 5.54 Å². The van der Waals surface area contributed by atoms with Crippen LogP contribution < -0.4 is 5.32 Å². The van der Waals surface area contributed by atoms with Crippen molar-refractivity contribution >= 4 is 5.78 Å². The molecule has 1 unspecified atom stereocenters. The minimum absolute atomic E-state index is 0.0437. The molecule has 2 heterocycles. The van der Waals surface area contributed by atoms with Crippen molar-refractivity contribution in [3.05, 3.63) is 12.2 Å². The predicted octanol–water partition coefficient (Wildman–Crippen LogP) is 0.530. The number of aryl methyl sites for hydroxylation is 1. The van der Waals surface area contributed by atoms with Crippen molar-refractivity contribution in [3.63, 3.8) is 0 Å². The quantitative estimate of drug-likeness (QED) is 0.720. The summed E-state index contributed by atoms with van der Waals surface area (Å²) in [7, 11) is 1.79. The maximum atomic E-state index is 12.2. The van der Waals surface area contributed by atoms with Crippen LogP contribution in [-0.2, 0) is 7.05 Å². The number of ketones is 1. The highest BCUT2D eigenvalue weighted by molar-refractivity contribution is 6.00. The topological polar surface area (TPSA) is 59.8 Å². The van der Waals surface area contributed by atoms with Gasteiger partial charge < -0.3 is 9.88 Å². The largest absolute Gasteiger partial charge is 0.314 e. The minimum atomic E-state index is -0.459. The Bertz CT molecular complexity index is 365. The number of carbonyl (C=O) groups excluding carboxylic acids is 1. The van der Waals surface area contributed by atoms with Crippen molar-refractivity contribution in [2.24, 2.45) is 7.05 Å². The van der Waals surface area contributed by atoms with Crippen LogP contribution in [0.5, 0.6) is 0 Å². The fraction of sp³-hybridized carbons (Fsp3) is 0.700. The summed E-state index contributed by atoms with van der Waals surface area (Å²) in [6, 6.07) is 0. The van der Waals surface area contributed by atoms with Crippen LogP contribution in [0.15, 0.2) is 6.33 Å². The number of carbonyl (C=O) groups is 1. The van der Waals surface area contributed by atoms with Gasteiger partial charge in [-0.2, -0.15) is 0 Å². The van der Waals surface area contributed by atoms with Crippen LogP contribution in [-0.4, -0.2) is 32.6 Å². The van der Waals surface area contributed by atoms with Gasteiger partial charge in [0.2, 0.25) is 11.6 Å². The number of rotatable bonds is 2. The molecule has 0 bridgehead atoms. The van der Waals surface area contributed by atoms with Gasteiger partial charge in [0.25, 0.3) is 0 Å². The van der Waals surface area contributed by atoms with E-state index >= 15 is 0 Å². The molecule has 0 aliphatic carbocycles. The molecule has 1 atom stereocenters. The normalized spacial score (nSPS) is 26.5. The number of aromatic nitrogens is 3. The van der Waals surface area contributed by atoms with Crippen molar-refractivity contribution in [3.8, 4) is 0 Å². The lowest BCUT2D eigenvalue weighted by molar-refractivity contribution is 0.0819. The average molecular weight is 208 g/mol. The Hall–Kier alpha value is -1.23. The van der Waals surface area contributed by atoms with Crippen molar-refractivity contribution < 1.29 is 4.79 Å². The van der Waals surface area contributed by atoms with Crippen LogP contribution >= 0.6 is 0 Å². The zero-order valence-electron chi connectivity index (χ0n) is 9.16. The van der Waals surface area contributed by atoms with E-state index in [9.17, 15) is 4.79 Å². The molecule has 1 N–H and O–H groups in total. The van der Waals surface area contributed by atoms with Gasteiger partial charge in [-0.05, 0) is 32.7 Å². The molecule has 0 amide bonds. The molecule has 1 aromatic rings. The Morgan fingerprint density at radius 2 is 2.40 bits per heavy atom. The average Bonchev–Trinajstić information content (AvgIpc) is 2.64. The zero-order valence-corrected chi connectivity index (χ0v) is 9.16. The van der Waals surface area contributed by atoms with E-state index in [1.165, 1.54) is 0 Å². The Balaban J connectivity index is 2.23. The number of Topliss-reactive ketones (excluding diaryl/α,β-unsaturated/α-hetero) is 1. The standard InChI is InChI=1S/C10H16N4O/c1-10(5-3-4-6-11-10)8(15)9-13-12-7-14(9)2/h7,11H,3-6H2,1-2H3. The van der Waals surface area contributed by atoms with Gasteiger partial charge in [0.15, 0.2) is 0 Å². The maximum Gasteiger partial charge on any atom is 0.219 e. The highest BCUT2D eigenvalue weighted by Gasteiger charge is 2.37. The van der Waals surface area contributed by atoms with Crippen molar-refractivity contribution in [1.82, 2.24) is 20.1 Å². The van der Waals surface area contributed by atoms with E-state index in [2.05, 4.69) is 15.5 Å². The summed E-state index contributed by atoms with van der Waals surface area (Å²) in [5.74, 6) is 0.481. The first-order valence-corrected chi connectivity index (χ1v) is 5.27. The van der Waals surface area contributed by atoms with Crippen molar-refractivity contribution in [1.29, 1.82) is 0 Å². The Morgan fingerprint density at radius 3 is 2.93 bits per heavy atom. The Labute approximate surface area is 88.9 Å². The van der Waals surface area contributed by atoms with Gasteiger partial charge in [0.05, 0.1) is 5.54 Å². The van der Waals surface area contributed by atoms with Crippen LogP contribution in [0.3, 0.4) is 0 Å². The summed E-state index contributed by atoms with van der Waals surface area (Å²) >= 11 is 0. The van der Waals surface area contributed by atoms with Crippen LogP contribution in [0.2, 0.25) is 0 Å². The molecule has 0 saturated carbocycles. The lowest BCUT2D eigenvalue weighted by Gasteiger charge is -2.32. The number of nitrogens with zero attached hydrogens (tertiary/aromatic N) is 3. The second-order valence-electron chi connectivity index (χ2n) is 4.31. The number of hydrogen-bond donors (Lipinski definition) is 1. The van der Waals surface area contributed by atoms with Gasteiger partial charge in [-0.15, -0.1) is 10.2 Å². The maximum absolute atomic E-state index is 12.2. The molecule has 5 nitrogen and oxygen atoms in total. The zero-order chi connectivity index (χ0) is 10.9. The molecule has 1 aliphatic heterocycles. The first kappa shape index (κ1) is 10.3. The highest BCUT2D eigenvalue weighted by atomic mass is 16.1. The number of nitrogens with one attached hydrogen (secondary N) is 1. The van der Waals surface area contributed by atoms with Gasteiger partial charge in [-0.1, -0.05) is 0 Å². The minimum Gasteiger partial charge on any atom is -0.314 e. The number of hydrogen-bond acceptors (Lipinski definition) is 4. The van der Waals surface area contributed by atoms with Crippen LogP contribution in [0.1, 0.15) is 36.8 Å². The van der Waals surface area contributed by atoms with Crippen LogP contribution in [0.4, 0.5) is 0 Å². The first-order valence-electron chi connectivity index (χ1n) is 5.27. The van der Waals surface area contributed by atoms with Gasteiger partial charge in [-0.3, -0.25) is 4.79 Å².